The highest BCUT2D eigenvalue weighted by Gasteiger charge is 2.43. The molecular weight excluding hydrogens is 258 g/mol. The maximum Gasteiger partial charge on any atom is 0.417 e. The summed E-state index contributed by atoms with van der Waals surface area (Å²) >= 11 is 0. The Bertz CT molecular complexity index is 495. The molecule has 5 nitrogen and oxygen atoms in total. The lowest BCUT2D eigenvalue weighted by Crippen LogP contribution is -2.43. The van der Waals surface area contributed by atoms with E-state index in [2.05, 4.69) is 0 Å². The van der Waals surface area contributed by atoms with Gasteiger partial charge in [0.15, 0.2) is 6.23 Å². The first-order chi connectivity index (χ1) is 9.39. The summed E-state index contributed by atoms with van der Waals surface area (Å²) in [5.41, 5.74) is 1.13. The van der Waals surface area contributed by atoms with E-state index in [9.17, 15) is 4.79 Å². The molecule has 2 atom stereocenters. The van der Waals surface area contributed by atoms with Crippen LogP contribution in [0.4, 0.5) is 10.5 Å². The molecule has 0 bridgehead atoms. The summed E-state index contributed by atoms with van der Waals surface area (Å²) in [6.07, 6.45) is -1.27. The fourth-order valence-corrected chi connectivity index (χ4v) is 2.36. The minimum Gasteiger partial charge on any atom is -0.443 e. The lowest BCUT2D eigenvalue weighted by molar-refractivity contribution is -0.0325. The van der Waals surface area contributed by atoms with Crippen molar-refractivity contribution in [1.82, 2.24) is 0 Å². The van der Waals surface area contributed by atoms with Crippen molar-refractivity contribution in [2.45, 2.75) is 38.7 Å². The number of amides is 1. The third-order valence-electron chi connectivity index (χ3n) is 3.10. The van der Waals surface area contributed by atoms with Crippen LogP contribution in [0.15, 0.2) is 24.3 Å². The van der Waals surface area contributed by atoms with Gasteiger partial charge in [-0.1, -0.05) is 18.2 Å². The van der Waals surface area contributed by atoms with Gasteiger partial charge in [-0.3, -0.25) is 0 Å². The molecule has 0 saturated heterocycles. The number of ether oxygens (including phenoxy) is 3. The molecule has 20 heavy (non-hydrogen) atoms. The van der Waals surface area contributed by atoms with E-state index in [0.29, 0.717) is 0 Å². The lowest BCUT2D eigenvalue weighted by atomic mass is 10.1. The monoisotopic (exact) mass is 279 g/mol. The smallest absolute Gasteiger partial charge is 0.417 e. The summed E-state index contributed by atoms with van der Waals surface area (Å²) in [5, 5.41) is 0. The normalized spacial score (nSPS) is 21.8. The van der Waals surface area contributed by atoms with E-state index >= 15 is 0 Å². The van der Waals surface area contributed by atoms with Crippen molar-refractivity contribution < 1.29 is 19.0 Å². The summed E-state index contributed by atoms with van der Waals surface area (Å²) in [6, 6.07) is 7.58. The fourth-order valence-electron chi connectivity index (χ4n) is 2.36. The number of carbonyl (C=O) groups excluding carboxylic acids is 1. The molecule has 0 N–H and O–H groups in total. The zero-order chi connectivity index (χ0) is 14.9. The number of hydrogen-bond acceptors (Lipinski definition) is 4. The van der Waals surface area contributed by atoms with Crippen LogP contribution in [0.25, 0.3) is 0 Å². The largest absolute Gasteiger partial charge is 0.443 e. The van der Waals surface area contributed by atoms with Crippen molar-refractivity contribution in [1.29, 1.82) is 0 Å². The minimum absolute atomic E-state index is 0.316. The third kappa shape index (κ3) is 2.64. The van der Waals surface area contributed by atoms with Crippen LogP contribution in [-0.2, 0) is 14.2 Å². The third-order valence-corrected chi connectivity index (χ3v) is 3.10. The van der Waals surface area contributed by atoms with Crippen LogP contribution >= 0.6 is 0 Å². The second-order valence-corrected chi connectivity index (χ2v) is 5.69. The van der Waals surface area contributed by atoms with Crippen molar-refractivity contribution in [2.75, 3.05) is 19.1 Å². The predicted octanol–water partition coefficient (Wildman–Crippen LogP) is 3.10. The highest BCUT2D eigenvalue weighted by atomic mass is 16.6. The first-order valence-electron chi connectivity index (χ1n) is 6.56. The molecule has 1 heterocycles. The van der Waals surface area contributed by atoms with E-state index in [1.165, 1.54) is 4.90 Å². The van der Waals surface area contributed by atoms with Crippen LogP contribution in [0.5, 0.6) is 0 Å². The second-order valence-electron chi connectivity index (χ2n) is 5.69. The number of hydrogen-bond donors (Lipinski definition) is 0. The Hall–Kier alpha value is -1.59. The van der Waals surface area contributed by atoms with Gasteiger partial charge >= 0.3 is 6.09 Å². The van der Waals surface area contributed by atoms with Gasteiger partial charge < -0.3 is 14.2 Å². The van der Waals surface area contributed by atoms with Crippen molar-refractivity contribution in [2.24, 2.45) is 0 Å². The highest BCUT2D eigenvalue weighted by molar-refractivity contribution is 5.91. The van der Waals surface area contributed by atoms with E-state index in [4.69, 9.17) is 14.2 Å². The molecule has 0 aromatic heterocycles. The Morgan fingerprint density at radius 2 is 1.80 bits per heavy atom. The molecule has 0 aliphatic carbocycles. The number of rotatable bonds is 2. The molecule has 0 saturated carbocycles. The second kappa shape index (κ2) is 5.42. The summed E-state index contributed by atoms with van der Waals surface area (Å²) in [4.78, 5) is 13.9. The van der Waals surface area contributed by atoms with Gasteiger partial charge in [-0.2, -0.15) is 0 Å². The Kier molecular flexibility index (Phi) is 4.01. The van der Waals surface area contributed by atoms with Crippen LogP contribution in [0.2, 0.25) is 0 Å². The zero-order valence-corrected chi connectivity index (χ0v) is 12.5. The Morgan fingerprint density at radius 3 is 2.35 bits per heavy atom. The van der Waals surface area contributed by atoms with Crippen molar-refractivity contribution in [3.8, 4) is 0 Å². The van der Waals surface area contributed by atoms with Gasteiger partial charge in [-0.15, -0.1) is 0 Å². The number of benzene rings is 1. The average Bonchev–Trinajstić information content (AvgIpc) is 2.69. The molecule has 5 heteroatoms. The molecule has 1 aromatic rings. The van der Waals surface area contributed by atoms with Gasteiger partial charge in [0.25, 0.3) is 0 Å². The first-order valence-corrected chi connectivity index (χ1v) is 6.56. The molecule has 2 rings (SSSR count). The molecule has 1 aliphatic rings. The maximum absolute atomic E-state index is 12.4. The van der Waals surface area contributed by atoms with Crippen molar-refractivity contribution in [3.63, 3.8) is 0 Å². The van der Waals surface area contributed by atoms with Crippen LogP contribution < -0.4 is 4.90 Å². The zero-order valence-electron chi connectivity index (χ0n) is 12.5. The standard InChI is InChI=1S/C15H21NO4/c1-15(2,3)20-14(17)16-11-9-7-6-8-10(11)12(18-4)13(16)19-5/h6-9,12-13H,1-5H3/t12-,13-/m1/s1. The predicted molar refractivity (Wildman–Crippen MR) is 75.7 cm³/mol. The van der Waals surface area contributed by atoms with Crippen LogP contribution in [0.3, 0.4) is 0 Å². The lowest BCUT2D eigenvalue weighted by Gasteiger charge is -2.29. The number of para-hydroxylation sites is 1. The van der Waals surface area contributed by atoms with Gasteiger partial charge in [0.2, 0.25) is 0 Å². The molecule has 1 aromatic carbocycles. The number of nitrogens with zero attached hydrogens (tertiary/aromatic N) is 1. The molecular formula is C15H21NO4. The number of carbonyl (C=O) groups is 1. The van der Waals surface area contributed by atoms with Gasteiger partial charge in [-0.25, -0.2) is 9.69 Å². The summed E-state index contributed by atoms with van der Waals surface area (Å²) < 4.78 is 16.4. The molecule has 110 valence electrons. The van der Waals surface area contributed by atoms with E-state index < -0.39 is 17.9 Å². The summed E-state index contributed by atoms with van der Waals surface area (Å²) in [5.74, 6) is 0. The number of fused-ring (bicyclic) bond motifs is 1. The SMILES string of the molecule is CO[C@@H]1c2ccccc2N(C(=O)OC(C)(C)C)[C@@H]1OC. The Balaban J connectivity index is 2.38. The van der Waals surface area contributed by atoms with Gasteiger partial charge in [0.05, 0.1) is 5.69 Å². The fraction of sp³-hybridized carbons (Fsp3) is 0.533. The van der Waals surface area contributed by atoms with Gasteiger partial charge in [0, 0.05) is 19.8 Å². The van der Waals surface area contributed by atoms with E-state index in [-0.39, 0.29) is 6.10 Å². The van der Waals surface area contributed by atoms with Crippen LogP contribution in [0, 0.1) is 0 Å². The average molecular weight is 279 g/mol. The quantitative estimate of drug-likeness (QED) is 0.834. The van der Waals surface area contributed by atoms with Gasteiger partial charge in [-0.05, 0) is 26.8 Å². The summed E-state index contributed by atoms with van der Waals surface area (Å²) in [7, 11) is 3.16. The van der Waals surface area contributed by atoms with Crippen LogP contribution in [0.1, 0.15) is 32.4 Å². The van der Waals surface area contributed by atoms with Gasteiger partial charge in [0.1, 0.15) is 11.7 Å². The molecule has 1 aliphatic heterocycles. The molecule has 0 unspecified atom stereocenters. The molecule has 0 fully saturated rings. The molecule has 0 radical (unpaired) electrons. The van der Waals surface area contributed by atoms with Crippen molar-refractivity contribution in [3.05, 3.63) is 29.8 Å². The topological polar surface area (TPSA) is 48.0 Å². The number of anilines is 1. The van der Waals surface area contributed by atoms with E-state index in [1.807, 2.05) is 45.0 Å². The Morgan fingerprint density at radius 1 is 1.15 bits per heavy atom. The highest BCUT2D eigenvalue weighted by Crippen LogP contribution is 2.42. The summed E-state index contributed by atoms with van der Waals surface area (Å²) in [6.45, 7) is 5.51. The molecule has 1 amide bonds. The van der Waals surface area contributed by atoms with E-state index in [1.54, 1.807) is 14.2 Å². The Labute approximate surface area is 119 Å². The van der Waals surface area contributed by atoms with Crippen LogP contribution in [-0.4, -0.2) is 32.1 Å². The van der Waals surface area contributed by atoms with Crippen molar-refractivity contribution >= 4 is 11.8 Å². The minimum atomic E-state index is -0.560. The van der Waals surface area contributed by atoms with E-state index in [0.717, 1.165) is 11.3 Å². The number of methoxy groups -OCH3 is 2. The maximum atomic E-state index is 12.4. The first kappa shape index (κ1) is 14.8. The molecule has 0 spiro atoms.